The number of rotatable bonds is 2. The maximum Gasteiger partial charge on any atom is 0.261 e. The van der Waals surface area contributed by atoms with Crippen LogP contribution >= 0.6 is 11.8 Å². The quantitative estimate of drug-likeness (QED) is 0.751. The second-order valence-electron chi connectivity index (χ2n) is 4.24. The number of nitrogens with zero attached hydrogens (tertiary/aromatic N) is 2. The van der Waals surface area contributed by atoms with Gasteiger partial charge in [-0.3, -0.25) is 9.78 Å². The molecule has 96 valence electrons. The molecule has 0 aliphatic heterocycles. The Kier molecular flexibility index (Phi) is 2.87. The number of hydrogen-bond donors (Lipinski definition) is 2. The van der Waals surface area contributed by atoms with E-state index in [1.54, 1.807) is 19.3 Å². The number of pyridine rings is 1. The van der Waals surface area contributed by atoms with E-state index in [0.717, 1.165) is 15.5 Å². The number of fused-ring (bicyclic) bond motifs is 1. The summed E-state index contributed by atoms with van der Waals surface area (Å²) < 4.78 is 0. The minimum atomic E-state index is -0.108. The van der Waals surface area contributed by atoms with Crippen molar-refractivity contribution in [2.45, 2.75) is 23.6 Å². The van der Waals surface area contributed by atoms with Gasteiger partial charge < -0.3 is 9.97 Å². The molecular weight excluding hydrogens is 260 g/mol. The summed E-state index contributed by atoms with van der Waals surface area (Å²) in [6.07, 6.45) is 3.47. The highest BCUT2D eigenvalue weighted by atomic mass is 32.2. The van der Waals surface area contributed by atoms with Crippen molar-refractivity contribution in [1.82, 2.24) is 19.9 Å². The Labute approximate surface area is 113 Å². The topological polar surface area (TPSA) is 74.4 Å². The van der Waals surface area contributed by atoms with Crippen LogP contribution in [0, 0.1) is 13.8 Å². The van der Waals surface area contributed by atoms with Crippen molar-refractivity contribution < 1.29 is 0 Å². The van der Waals surface area contributed by atoms with Gasteiger partial charge in [0.15, 0.2) is 0 Å². The molecule has 0 radical (unpaired) electrons. The van der Waals surface area contributed by atoms with Crippen LogP contribution in [0.2, 0.25) is 0 Å². The van der Waals surface area contributed by atoms with Crippen LogP contribution in [0.1, 0.15) is 11.5 Å². The molecular formula is C13H12N4OS. The van der Waals surface area contributed by atoms with Crippen LogP contribution in [0.3, 0.4) is 0 Å². The van der Waals surface area contributed by atoms with Crippen molar-refractivity contribution in [3.05, 3.63) is 46.4 Å². The highest BCUT2D eigenvalue weighted by Gasteiger charge is 2.14. The third-order valence-corrected chi connectivity index (χ3v) is 4.00. The monoisotopic (exact) mass is 272 g/mol. The molecule has 0 atom stereocenters. The summed E-state index contributed by atoms with van der Waals surface area (Å²) in [4.78, 5) is 28.2. The molecule has 0 bridgehead atoms. The van der Waals surface area contributed by atoms with E-state index in [2.05, 4.69) is 19.9 Å². The van der Waals surface area contributed by atoms with Crippen molar-refractivity contribution in [2.75, 3.05) is 0 Å². The molecule has 0 aromatic carbocycles. The maximum atomic E-state index is 12.1. The molecule has 6 heteroatoms. The van der Waals surface area contributed by atoms with Crippen molar-refractivity contribution in [3.8, 4) is 0 Å². The largest absolute Gasteiger partial charge is 0.342 e. The lowest BCUT2D eigenvalue weighted by molar-refractivity contribution is 1.05. The van der Waals surface area contributed by atoms with Crippen LogP contribution in [-0.2, 0) is 0 Å². The highest BCUT2D eigenvalue weighted by molar-refractivity contribution is 7.99. The van der Waals surface area contributed by atoms with Crippen molar-refractivity contribution in [1.29, 1.82) is 0 Å². The third kappa shape index (κ3) is 2.15. The molecule has 3 aromatic heterocycles. The van der Waals surface area contributed by atoms with E-state index in [1.165, 1.54) is 11.8 Å². The Morgan fingerprint density at radius 1 is 1.16 bits per heavy atom. The van der Waals surface area contributed by atoms with Gasteiger partial charge >= 0.3 is 0 Å². The molecule has 0 spiro atoms. The number of aryl methyl sites for hydroxylation is 2. The van der Waals surface area contributed by atoms with Crippen molar-refractivity contribution in [3.63, 3.8) is 0 Å². The molecule has 0 unspecified atom stereocenters. The van der Waals surface area contributed by atoms with E-state index in [4.69, 9.17) is 0 Å². The number of H-pyrrole nitrogens is 2. The van der Waals surface area contributed by atoms with Crippen LogP contribution in [0.25, 0.3) is 11.0 Å². The lowest BCUT2D eigenvalue weighted by Crippen LogP contribution is -2.09. The first-order valence-electron chi connectivity index (χ1n) is 5.82. The first kappa shape index (κ1) is 12.0. The van der Waals surface area contributed by atoms with Gasteiger partial charge in [-0.1, -0.05) is 11.8 Å². The van der Waals surface area contributed by atoms with Gasteiger partial charge in [-0.15, -0.1) is 0 Å². The molecule has 0 saturated heterocycles. The third-order valence-electron chi connectivity index (χ3n) is 2.78. The molecule has 5 nitrogen and oxygen atoms in total. The lowest BCUT2D eigenvalue weighted by atomic mass is 10.3. The molecule has 0 aliphatic rings. The van der Waals surface area contributed by atoms with Crippen molar-refractivity contribution in [2.24, 2.45) is 0 Å². The Bertz CT molecular complexity index is 792. The highest BCUT2D eigenvalue weighted by Crippen LogP contribution is 2.33. The van der Waals surface area contributed by atoms with Gasteiger partial charge in [0.1, 0.15) is 11.5 Å². The number of nitrogens with one attached hydrogen (secondary N) is 2. The fourth-order valence-corrected chi connectivity index (χ4v) is 2.95. The molecule has 0 fully saturated rings. The average molecular weight is 272 g/mol. The zero-order valence-corrected chi connectivity index (χ0v) is 11.3. The predicted octanol–water partition coefficient (Wildman–Crippen LogP) is 2.41. The lowest BCUT2D eigenvalue weighted by Gasteiger charge is -2.00. The smallest absolute Gasteiger partial charge is 0.261 e. The van der Waals surface area contributed by atoms with E-state index in [0.29, 0.717) is 16.9 Å². The normalized spacial score (nSPS) is 11.1. The molecule has 3 aromatic rings. The van der Waals surface area contributed by atoms with E-state index in [1.807, 2.05) is 19.1 Å². The van der Waals surface area contributed by atoms with E-state index >= 15 is 0 Å². The predicted molar refractivity (Wildman–Crippen MR) is 74.5 cm³/mol. The maximum absolute atomic E-state index is 12.1. The SMILES string of the molecule is Cc1nc2[nH]c(C)c(Sc3ccncc3)c2c(=O)[nH]1. The van der Waals surface area contributed by atoms with Crippen molar-refractivity contribution >= 4 is 22.8 Å². The second-order valence-corrected chi connectivity index (χ2v) is 5.32. The molecule has 3 rings (SSSR count). The van der Waals surface area contributed by atoms with Crippen LogP contribution in [-0.4, -0.2) is 19.9 Å². The summed E-state index contributed by atoms with van der Waals surface area (Å²) in [5.74, 6) is 0.610. The van der Waals surface area contributed by atoms with Gasteiger partial charge in [0.05, 0.1) is 5.39 Å². The summed E-state index contributed by atoms with van der Waals surface area (Å²) in [5.41, 5.74) is 1.47. The molecule has 2 N–H and O–H groups in total. The summed E-state index contributed by atoms with van der Waals surface area (Å²) in [5, 5.41) is 0.616. The van der Waals surface area contributed by atoms with E-state index in [9.17, 15) is 4.79 Å². The summed E-state index contributed by atoms with van der Waals surface area (Å²) in [6, 6.07) is 3.83. The second kappa shape index (κ2) is 4.55. The number of hydrogen-bond acceptors (Lipinski definition) is 4. The summed E-state index contributed by atoms with van der Waals surface area (Å²) in [7, 11) is 0. The zero-order valence-electron chi connectivity index (χ0n) is 10.5. The number of aromatic amines is 2. The Morgan fingerprint density at radius 2 is 1.89 bits per heavy atom. The van der Waals surface area contributed by atoms with Crippen LogP contribution in [0.4, 0.5) is 0 Å². The minimum Gasteiger partial charge on any atom is -0.342 e. The fourth-order valence-electron chi connectivity index (χ4n) is 1.96. The van der Waals surface area contributed by atoms with Crippen LogP contribution < -0.4 is 5.56 Å². The molecule has 3 heterocycles. The first-order valence-corrected chi connectivity index (χ1v) is 6.64. The Morgan fingerprint density at radius 3 is 2.63 bits per heavy atom. The minimum absolute atomic E-state index is 0.108. The fraction of sp³-hybridized carbons (Fsp3) is 0.154. The van der Waals surface area contributed by atoms with E-state index < -0.39 is 0 Å². The first-order chi connectivity index (χ1) is 9.15. The van der Waals surface area contributed by atoms with Gasteiger partial charge in [-0.2, -0.15) is 0 Å². The zero-order chi connectivity index (χ0) is 13.4. The van der Waals surface area contributed by atoms with Gasteiger partial charge in [-0.05, 0) is 26.0 Å². The molecule has 0 saturated carbocycles. The number of aromatic nitrogens is 4. The summed E-state index contributed by atoms with van der Waals surface area (Å²) in [6.45, 7) is 3.71. The average Bonchev–Trinajstić information content (AvgIpc) is 2.67. The van der Waals surface area contributed by atoms with Crippen LogP contribution in [0.15, 0.2) is 39.1 Å². The standard InChI is InChI=1S/C13H12N4OS/c1-7-11(19-9-3-5-14-6-4-9)10-12(15-7)16-8(2)17-13(10)18/h3-6H,1-2H3,(H2,15,16,17,18). The van der Waals surface area contributed by atoms with Crippen LogP contribution in [0.5, 0.6) is 0 Å². The molecule has 19 heavy (non-hydrogen) atoms. The Balaban J connectivity index is 2.19. The van der Waals surface area contributed by atoms with Gasteiger partial charge in [0.25, 0.3) is 5.56 Å². The van der Waals surface area contributed by atoms with Gasteiger partial charge in [0.2, 0.25) is 0 Å². The molecule has 0 amide bonds. The van der Waals surface area contributed by atoms with Gasteiger partial charge in [0, 0.05) is 27.9 Å². The summed E-state index contributed by atoms with van der Waals surface area (Å²) >= 11 is 1.54. The van der Waals surface area contributed by atoms with E-state index in [-0.39, 0.29) is 5.56 Å². The Hall–Kier alpha value is -2.08. The van der Waals surface area contributed by atoms with Gasteiger partial charge in [-0.25, -0.2) is 4.98 Å². The molecule has 0 aliphatic carbocycles.